The van der Waals surface area contributed by atoms with Gasteiger partial charge in [0, 0.05) is 0 Å². The SMILES string of the molecule is CCC(CC)C(C)(C)CC(C)(C)C(C)C. The van der Waals surface area contributed by atoms with Gasteiger partial charge in [0.05, 0.1) is 0 Å². The van der Waals surface area contributed by atoms with Crippen LogP contribution in [0, 0.1) is 22.7 Å². The molecule has 0 radical (unpaired) electrons. The van der Waals surface area contributed by atoms with Crippen molar-refractivity contribution in [1.82, 2.24) is 0 Å². The zero-order valence-corrected chi connectivity index (χ0v) is 12.3. The molecule has 0 amide bonds. The molecule has 0 saturated heterocycles. The summed E-state index contributed by atoms with van der Waals surface area (Å²) in [4.78, 5) is 0. The average Bonchev–Trinajstić information content (AvgIpc) is 2.03. The summed E-state index contributed by atoms with van der Waals surface area (Å²) in [6.07, 6.45) is 3.97. The summed E-state index contributed by atoms with van der Waals surface area (Å²) >= 11 is 0. The Kier molecular flexibility index (Phi) is 5.37. The molecule has 0 N–H and O–H groups in total. The Hall–Kier alpha value is 0. The van der Waals surface area contributed by atoms with Gasteiger partial charge in [0.25, 0.3) is 0 Å². The van der Waals surface area contributed by atoms with Gasteiger partial charge in [0.15, 0.2) is 0 Å². The predicted molar refractivity (Wildman–Crippen MR) is 71.1 cm³/mol. The van der Waals surface area contributed by atoms with Crippen molar-refractivity contribution < 1.29 is 0 Å². The zero-order chi connectivity index (χ0) is 12.3. The first-order valence-corrected chi connectivity index (χ1v) is 6.67. The Labute approximate surface area is 97.8 Å². The van der Waals surface area contributed by atoms with E-state index in [-0.39, 0.29) is 0 Å². The predicted octanol–water partition coefficient (Wildman–Crippen LogP) is 5.52. The van der Waals surface area contributed by atoms with Crippen LogP contribution in [-0.4, -0.2) is 0 Å². The molecule has 0 aliphatic rings. The van der Waals surface area contributed by atoms with Gasteiger partial charge in [0.2, 0.25) is 0 Å². The van der Waals surface area contributed by atoms with Crippen molar-refractivity contribution in [2.45, 2.75) is 74.7 Å². The van der Waals surface area contributed by atoms with E-state index in [2.05, 4.69) is 55.4 Å². The van der Waals surface area contributed by atoms with Gasteiger partial charge >= 0.3 is 0 Å². The minimum Gasteiger partial charge on any atom is -0.0651 e. The highest BCUT2D eigenvalue weighted by atomic mass is 14.4. The number of rotatable bonds is 6. The number of hydrogen-bond donors (Lipinski definition) is 0. The highest BCUT2D eigenvalue weighted by Gasteiger charge is 2.34. The van der Waals surface area contributed by atoms with E-state index < -0.39 is 0 Å². The molecule has 0 heteroatoms. The van der Waals surface area contributed by atoms with Gasteiger partial charge in [-0.15, -0.1) is 0 Å². The van der Waals surface area contributed by atoms with Crippen molar-refractivity contribution in [3.63, 3.8) is 0 Å². The molecule has 0 rings (SSSR count). The fourth-order valence-corrected chi connectivity index (χ4v) is 2.92. The highest BCUT2D eigenvalue weighted by Crippen LogP contribution is 2.44. The molecule has 0 fully saturated rings. The highest BCUT2D eigenvalue weighted by molar-refractivity contribution is 4.85. The normalized spacial score (nSPS) is 14.0. The molecule has 0 aromatic carbocycles. The van der Waals surface area contributed by atoms with E-state index in [0.29, 0.717) is 10.8 Å². The molecule has 0 heterocycles. The Morgan fingerprint density at radius 1 is 0.800 bits per heavy atom. The molecule has 0 saturated carbocycles. The van der Waals surface area contributed by atoms with E-state index in [0.717, 1.165) is 11.8 Å². The topological polar surface area (TPSA) is 0 Å². The van der Waals surface area contributed by atoms with Crippen LogP contribution in [0.4, 0.5) is 0 Å². The van der Waals surface area contributed by atoms with E-state index in [1.54, 1.807) is 0 Å². The Balaban J connectivity index is 4.61. The maximum absolute atomic E-state index is 2.45. The number of hydrogen-bond acceptors (Lipinski definition) is 0. The van der Waals surface area contributed by atoms with Crippen LogP contribution >= 0.6 is 0 Å². The average molecular weight is 212 g/mol. The quantitative estimate of drug-likeness (QED) is 0.543. The second-order valence-corrected chi connectivity index (χ2v) is 6.82. The lowest BCUT2D eigenvalue weighted by atomic mass is 9.63. The summed E-state index contributed by atoms with van der Waals surface area (Å²) in [5.74, 6) is 1.64. The molecule has 0 aromatic heterocycles. The minimum atomic E-state index is 0.464. The summed E-state index contributed by atoms with van der Waals surface area (Å²) in [5.41, 5.74) is 0.948. The first-order chi connectivity index (χ1) is 6.67. The van der Waals surface area contributed by atoms with Gasteiger partial charge in [-0.1, -0.05) is 68.2 Å². The van der Waals surface area contributed by atoms with E-state index >= 15 is 0 Å². The maximum atomic E-state index is 2.45. The van der Waals surface area contributed by atoms with E-state index in [1.165, 1.54) is 19.3 Å². The second kappa shape index (κ2) is 5.37. The van der Waals surface area contributed by atoms with Gasteiger partial charge in [-0.2, -0.15) is 0 Å². The summed E-state index contributed by atoms with van der Waals surface area (Å²) in [7, 11) is 0. The Morgan fingerprint density at radius 3 is 1.47 bits per heavy atom. The third-order valence-electron chi connectivity index (χ3n) is 4.56. The van der Waals surface area contributed by atoms with Gasteiger partial charge in [0.1, 0.15) is 0 Å². The largest absolute Gasteiger partial charge is 0.0651 e. The maximum Gasteiger partial charge on any atom is -0.0321 e. The van der Waals surface area contributed by atoms with Crippen molar-refractivity contribution in [2.75, 3.05) is 0 Å². The molecule has 92 valence electrons. The standard InChI is InChI=1S/C15H32/c1-9-13(10-2)15(7,8)11-14(5,6)12(3)4/h12-13H,9-11H2,1-8H3. The van der Waals surface area contributed by atoms with Gasteiger partial charge in [-0.05, 0) is 29.1 Å². The third kappa shape index (κ3) is 4.17. The molecule has 0 aliphatic carbocycles. The van der Waals surface area contributed by atoms with Crippen LogP contribution in [0.25, 0.3) is 0 Å². The Bertz CT molecular complexity index is 170. The molecule has 0 atom stereocenters. The lowest BCUT2D eigenvalue weighted by Crippen LogP contribution is -2.32. The van der Waals surface area contributed by atoms with Gasteiger partial charge in [-0.3, -0.25) is 0 Å². The Morgan fingerprint density at radius 2 is 1.20 bits per heavy atom. The van der Waals surface area contributed by atoms with Crippen molar-refractivity contribution in [3.8, 4) is 0 Å². The van der Waals surface area contributed by atoms with Crippen LogP contribution in [0.2, 0.25) is 0 Å². The van der Waals surface area contributed by atoms with E-state index in [1.807, 2.05) is 0 Å². The first-order valence-electron chi connectivity index (χ1n) is 6.67. The van der Waals surface area contributed by atoms with Crippen LogP contribution in [0.1, 0.15) is 74.7 Å². The van der Waals surface area contributed by atoms with Crippen LogP contribution in [0.15, 0.2) is 0 Å². The summed E-state index contributed by atoms with van der Waals surface area (Å²) in [6, 6.07) is 0. The van der Waals surface area contributed by atoms with Crippen LogP contribution in [0.5, 0.6) is 0 Å². The third-order valence-corrected chi connectivity index (χ3v) is 4.56. The van der Waals surface area contributed by atoms with E-state index in [9.17, 15) is 0 Å². The molecule has 0 aliphatic heterocycles. The second-order valence-electron chi connectivity index (χ2n) is 6.82. The van der Waals surface area contributed by atoms with Crippen molar-refractivity contribution in [2.24, 2.45) is 22.7 Å². The monoisotopic (exact) mass is 212 g/mol. The first kappa shape index (κ1) is 15.0. The van der Waals surface area contributed by atoms with Gasteiger partial charge < -0.3 is 0 Å². The molecule has 0 bridgehead atoms. The molecule has 0 aromatic rings. The van der Waals surface area contributed by atoms with Crippen LogP contribution < -0.4 is 0 Å². The zero-order valence-electron chi connectivity index (χ0n) is 12.3. The van der Waals surface area contributed by atoms with Crippen LogP contribution in [-0.2, 0) is 0 Å². The minimum absolute atomic E-state index is 0.464. The molecular formula is C15H32. The van der Waals surface area contributed by atoms with Crippen LogP contribution in [0.3, 0.4) is 0 Å². The van der Waals surface area contributed by atoms with Crippen molar-refractivity contribution >= 4 is 0 Å². The smallest absolute Gasteiger partial charge is 0.0321 e. The molecular weight excluding hydrogens is 180 g/mol. The fraction of sp³-hybridized carbons (Fsp3) is 1.00. The summed E-state index contributed by atoms with van der Waals surface area (Å²) in [6.45, 7) is 19.1. The van der Waals surface area contributed by atoms with Crippen molar-refractivity contribution in [1.29, 1.82) is 0 Å². The molecule has 0 nitrogen and oxygen atoms in total. The van der Waals surface area contributed by atoms with Crippen molar-refractivity contribution in [3.05, 3.63) is 0 Å². The molecule has 15 heavy (non-hydrogen) atoms. The van der Waals surface area contributed by atoms with Gasteiger partial charge in [-0.25, -0.2) is 0 Å². The lowest BCUT2D eigenvalue weighted by molar-refractivity contribution is 0.0835. The summed E-state index contributed by atoms with van der Waals surface area (Å²) < 4.78 is 0. The fourth-order valence-electron chi connectivity index (χ4n) is 2.92. The summed E-state index contributed by atoms with van der Waals surface area (Å²) in [5, 5.41) is 0. The molecule has 0 unspecified atom stereocenters. The molecule has 0 spiro atoms. The lowest BCUT2D eigenvalue weighted by Gasteiger charge is -2.42. The van der Waals surface area contributed by atoms with E-state index in [4.69, 9.17) is 0 Å².